The number of anilines is 1. The van der Waals surface area contributed by atoms with Gasteiger partial charge >= 0.3 is 0 Å². The molecule has 0 saturated carbocycles. The van der Waals surface area contributed by atoms with E-state index in [-0.39, 0.29) is 16.4 Å². The Balaban J connectivity index is 1.73. The number of benzene rings is 2. The van der Waals surface area contributed by atoms with Crippen LogP contribution in [0.15, 0.2) is 53.4 Å². The van der Waals surface area contributed by atoms with Crippen LogP contribution in [-0.4, -0.2) is 56.9 Å². The van der Waals surface area contributed by atoms with Crippen molar-refractivity contribution < 1.29 is 22.4 Å². The lowest BCUT2D eigenvalue weighted by Gasteiger charge is -2.31. The second-order valence-corrected chi connectivity index (χ2v) is 12.1. The van der Waals surface area contributed by atoms with Gasteiger partial charge in [-0.2, -0.15) is 0 Å². The molecule has 1 fully saturated rings. The predicted molar refractivity (Wildman–Crippen MR) is 138 cm³/mol. The largest absolute Gasteiger partial charge is 0.340 e. The van der Waals surface area contributed by atoms with Crippen LogP contribution in [0.1, 0.15) is 50.4 Å². The van der Waals surface area contributed by atoms with Crippen LogP contribution in [0.4, 0.5) is 10.1 Å². The molecule has 3 N–H and O–H groups in total. The zero-order valence-electron chi connectivity index (χ0n) is 21.2. The summed E-state index contributed by atoms with van der Waals surface area (Å²) >= 11 is 0. The molecular formula is C26H35FN4O4S. The smallest absolute Gasteiger partial charge is 0.251 e. The fraction of sp³-hybridized carbons (Fsp3) is 0.462. The Morgan fingerprint density at radius 1 is 1.03 bits per heavy atom. The van der Waals surface area contributed by atoms with Crippen LogP contribution < -0.4 is 15.4 Å². The van der Waals surface area contributed by atoms with Crippen LogP contribution in [-0.2, 0) is 14.8 Å². The van der Waals surface area contributed by atoms with E-state index in [1.54, 1.807) is 20.8 Å². The van der Waals surface area contributed by atoms with Gasteiger partial charge in [-0.15, -0.1) is 0 Å². The fourth-order valence-corrected chi connectivity index (χ4v) is 5.53. The van der Waals surface area contributed by atoms with Crippen LogP contribution in [0.3, 0.4) is 0 Å². The van der Waals surface area contributed by atoms with Gasteiger partial charge in [0.25, 0.3) is 5.91 Å². The first-order valence-corrected chi connectivity index (χ1v) is 13.5. The second kappa shape index (κ2) is 11.5. The van der Waals surface area contributed by atoms with Gasteiger partial charge in [-0.3, -0.25) is 9.59 Å². The van der Waals surface area contributed by atoms with Crippen molar-refractivity contribution in [1.29, 1.82) is 0 Å². The molecule has 2 amide bonds. The number of halogens is 1. The molecule has 0 aliphatic carbocycles. The first-order chi connectivity index (χ1) is 16.8. The highest BCUT2D eigenvalue weighted by molar-refractivity contribution is 7.89. The maximum atomic E-state index is 13.3. The summed E-state index contributed by atoms with van der Waals surface area (Å²) in [7, 11) is -1.65. The van der Waals surface area contributed by atoms with Crippen LogP contribution in [0.5, 0.6) is 0 Å². The number of likely N-dealkylation sites (tertiary alicyclic amines) is 1. The van der Waals surface area contributed by atoms with Crippen molar-refractivity contribution in [1.82, 2.24) is 14.9 Å². The number of amides is 2. The Labute approximate surface area is 212 Å². The summed E-state index contributed by atoms with van der Waals surface area (Å²) in [6.07, 6.45) is 2.30. The van der Waals surface area contributed by atoms with Crippen molar-refractivity contribution in [2.45, 2.75) is 56.5 Å². The summed E-state index contributed by atoms with van der Waals surface area (Å²) in [5.41, 5.74) is 0.0490. The van der Waals surface area contributed by atoms with Crippen molar-refractivity contribution in [3.05, 3.63) is 59.9 Å². The van der Waals surface area contributed by atoms with Gasteiger partial charge in [0.1, 0.15) is 11.9 Å². The standard InChI is InChI=1S/C26H35FN4O4S/c1-26(2,3)30-36(34,35)22-11-9-21(10-12-22)28-25(33)23(17-18-13-15-31(4)16-14-18)29-24(32)19-5-7-20(27)8-6-19/h5-12,18,23,30H,13-17H2,1-4H3,(H,28,33)(H,29,32)/t23-/m0/s1. The molecule has 1 atom stereocenters. The number of rotatable bonds is 8. The van der Waals surface area contributed by atoms with Gasteiger partial charge < -0.3 is 15.5 Å². The molecule has 36 heavy (non-hydrogen) atoms. The summed E-state index contributed by atoms with van der Waals surface area (Å²) in [6, 6.07) is 10.2. The van der Waals surface area contributed by atoms with Crippen LogP contribution >= 0.6 is 0 Å². The third-order valence-electron chi connectivity index (χ3n) is 6.01. The van der Waals surface area contributed by atoms with E-state index in [2.05, 4.69) is 27.3 Å². The average Bonchev–Trinajstić information content (AvgIpc) is 2.79. The van der Waals surface area contributed by atoms with Crippen molar-refractivity contribution in [2.24, 2.45) is 5.92 Å². The van der Waals surface area contributed by atoms with E-state index in [1.165, 1.54) is 48.5 Å². The minimum Gasteiger partial charge on any atom is -0.340 e. The Kier molecular flexibility index (Phi) is 8.86. The third-order valence-corrected chi connectivity index (χ3v) is 7.78. The van der Waals surface area contributed by atoms with Crippen LogP contribution in [0.25, 0.3) is 0 Å². The Morgan fingerprint density at radius 2 is 1.61 bits per heavy atom. The normalized spacial score (nSPS) is 16.4. The summed E-state index contributed by atoms with van der Waals surface area (Å²) < 4.78 is 40.9. The lowest BCUT2D eigenvalue weighted by atomic mass is 9.90. The molecule has 0 unspecified atom stereocenters. The molecule has 2 aromatic carbocycles. The zero-order chi connectivity index (χ0) is 26.5. The molecule has 1 aliphatic rings. The molecule has 1 saturated heterocycles. The molecule has 196 valence electrons. The van der Waals surface area contributed by atoms with E-state index in [0.717, 1.165) is 25.9 Å². The molecule has 1 aliphatic heterocycles. The molecule has 0 radical (unpaired) electrons. The molecule has 3 rings (SSSR count). The maximum Gasteiger partial charge on any atom is 0.251 e. The SMILES string of the molecule is CN1CCC(C[C@H](NC(=O)c2ccc(F)cc2)C(=O)Nc2ccc(S(=O)(=O)NC(C)(C)C)cc2)CC1. The number of piperidine rings is 1. The Morgan fingerprint density at radius 3 is 2.17 bits per heavy atom. The van der Waals surface area contributed by atoms with Gasteiger partial charge in [-0.25, -0.2) is 17.5 Å². The summed E-state index contributed by atoms with van der Waals surface area (Å²) in [5, 5.41) is 5.59. The van der Waals surface area contributed by atoms with Gasteiger partial charge in [-0.05, 0) is 115 Å². The fourth-order valence-electron chi connectivity index (χ4n) is 4.11. The summed E-state index contributed by atoms with van der Waals surface area (Å²) in [6.45, 7) is 7.10. The minimum atomic E-state index is -3.70. The maximum absolute atomic E-state index is 13.3. The van der Waals surface area contributed by atoms with E-state index in [1.807, 2.05) is 0 Å². The number of carbonyl (C=O) groups is 2. The van der Waals surface area contributed by atoms with Crippen molar-refractivity contribution >= 4 is 27.5 Å². The van der Waals surface area contributed by atoms with E-state index in [9.17, 15) is 22.4 Å². The van der Waals surface area contributed by atoms with Crippen molar-refractivity contribution in [2.75, 3.05) is 25.5 Å². The minimum absolute atomic E-state index is 0.0860. The number of sulfonamides is 1. The first kappa shape index (κ1) is 27.8. The highest BCUT2D eigenvalue weighted by atomic mass is 32.2. The summed E-state index contributed by atoms with van der Waals surface area (Å²) in [5.74, 6) is -1.04. The van der Waals surface area contributed by atoms with E-state index in [0.29, 0.717) is 12.1 Å². The van der Waals surface area contributed by atoms with Crippen molar-refractivity contribution in [3.8, 4) is 0 Å². The zero-order valence-corrected chi connectivity index (χ0v) is 22.0. The van der Waals surface area contributed by atoms with Gasteiger partial charge in [0.15, 0.2) is 0 Å². The lowest BCUT2D eigenvalue weighted by molar-refractivity contribution is -0.118. The Hall–Kier alpha value is -2.82. The van der Waals surface area contributed by atoms with Crippen LogP contribution in [0.2, 0.25) is 0 Å². The molecule has 0 bridgehead atoms. The van der Waals surface area contributed by atoms with Gasteiger partial charge in [0.05, 0.1) is 4.90 Å². The first-order valence-electron chi connectivity index (χ1n) is 12.0. The number of hydrogen-bond acceptors (Lipinski definition) is 5. The van der Waals surface area contributed by atoms with Crippen molar-refractivity contribution in [3.63, 3.8) is 0 Å². The molecule has 1 heterocycles. The molecule has 2 aromatic rings. The third kappa shape index (κ3) is 8.11. The monoisotopic (exact) mass is 518 g/mol. The molecule has 0 spiro atoms. The second-order valence-electron chi connectivity index (χ2n) is 10.4. The molecular weight excluding hydrogens is 483 g/mol. The van der Waals surface area contributed by atoms with Gasteiger partial charge in [-0.1, -0.05) is 0 Å². The number of carbonyl (C=O) groups excluding carboxylic acids is 2. The van der Waals surface area contributed by atoms with E-state index < -0.39 is 39.2 Å². The number of hydrogen-bond donors (Lipinski definition) is 3. The Bertz CT molecular complexity index is 1150. The quantitative estimate of drug-likeness (QED) is 0.497. The predicted octanol–water partition coefficient (Wildman–Crippen LogP) is 3.37. The summed E-state index contributed by atoms with van der Waals surface area (Å²) in [4.78, 5) is 28.3. The molecule has 10 heteroatoms. The highest BCUT2D eigenvalue weighted by Crippen LogP contribution is 2.23. The lowest BCUT2D eigenvalue weighted by Crippen LogP contribution is -2.46. The number of nitrogens with zero attached hydrogens (tertiary/aromatic N) is 1. The van der Waals surface area contributed by atoms with E-state index in [4.69, 9.17) is 0 Å². The highest BCUT2D eigenvalue weighted by Gasteiger charge is 2.28. The number of nitrogens with one attached hydrogen (secondary N) is 3. The topological polar surface area (TPSA) is 108 Å². The molecule has 8 nitrogen and oxygen atoms in total. The average molecular weight is 519 g/mol. The molecule has 0 aromatic heterocycles. The van der Waals surface area contributed by atoms with Gasteiger partial charge in [0.2, 0.25) is 15.9 Å². The van der Waals surface area contributed by atoms with Crippen LogP contribution in [0, 0.1) is 11.7 Å². The van der Waals surface area contributed by atoms with E-state index >= 15 is 0 Å². The van der Waals surface area contributed by atoms with Gasteiger partial charge in [0, 0.05) is 16.8 Å².